The summed E-state index contributed by atoms with van der Waals surface area (Å²) in [6.07, 6.45) is 1.24. The molecule has 0 spiro atoms. The molecule has 0 saturated carbocycles. The predicted octanol–water partition coefficient (Wildman–Crippen LogP) is -0.356. The van der Waals surface area contributed by atoms with E-state index in [1.165, 1.54) is 18.3 Å². The molecule has 6 nitrogen and oxygen atoms in total. The Morgan fingerprint density at radius 3 is 2.64 bits per heavy atom. The fourth-order valence-corrected chi connectivity index (χ4v) is 0.757. The van der Waals surface area contributed by atoms with E-state index in [0.29, 0.717) is 0 Å². The third-order valence-electron chi connectivity index (χ3n) is 1.35. The van der Waals surface area contributed by atoms with Crippen molar-refractivity contribution in [2.45, 2.75) is 0 Å². The number of nitrogens with two attached hydrogens (primary N) is 1. The van der Waals surface area contributed by atoms with Crippen molar-refractivity contribution in [3.05, 3.63) is 24.0 Å². The van der Waals surface area contributed by atoms with E-state index in [2.05, 4.69) is 4.98 Å². The molecule has 1 heterocycles. The number of carboxylic acids is 1. The average Bonchev–Trinajstić information content (AvgIpc) is 2.15. The molecule has 0 unspecified atom stereocenters. The number of carbonyl (C=O) groups is 2. The minimum atomic E-state index is -1.08. The number of carbonyl (C=O) groups excluding carboxylic acids is 1. The molecule has 1 aromatic heterocycles. The highest BCUT2D eigenvalue weighted by Crippen LogP contribution is 2.08. The number of carboxylic acid groups (broad SMARTS) is 1. The summed E-state index contributed by atoms with van der Waals surface area (Å²) in [6, 6.07) is 2.79. The van der Waals surface area contributed by atoms with Crippen LogP contribution in [0, 0.1) is 0 Å². The lowest BCUT2D eigenvalue weighted by Crippen LogP contribution is -2.13. The zero-order chi connectivity index (χ0) is 10.6. The van der Waals surface area contributed by atoms with Gasteiger partial charge in [0.2, 0.25) is 0 Å². The SMILES string of the molecule is NC(=O)c1ccc(OCC(=O)O)cn1. The van der Waals surface area contributed by atoms with Crippen LogP contribution in [0.3, 0.4) is 0 Å². The first-order valence-corrected chi connectivity index (χ1v) is 3.70. The van der Waals surface area contributed by atoms with Gasteiger partial charge in [-0.2, -0.15) is 0 Å². The first-order valence-electron chi connectivity index (χ1n) is 3.70. The summed E-state index contributed by atoms with van der Waals surface area (Å²) in [6.45, 7) is -0.447. The fourth-order valence-electron chi connectivity index (χ4n) is 0.757. The second-order valence-corrected chi connectivity index (χ2v) is 2.43. The normalized spacial score (nSPS) is 9.43. The number of ether oxygens (including phenoxy) is 1. The summed E-state index contributed by atoms with van der Waals surface area (Å²) in [5, 5.41) is 8.30. The standard InChI is InChI=1S/C8H8N2O4/c9-8(13)6-2-1-5(3-10-6)14-4-7(11)12/h1-3H,4H2,(H2,9,13)(H,11,12). The molecular formula is C8H8N2O4. The van der Waals surface area contributed by atoms with E-state index >= 15 is 0 Å². The molecule has 74 valence electrons. The van der Waals surface area contributed by atoms with Crippen molar-refractivity contribution < 1.29 is 19.4 Å². The molecule has 3 N–H and O–H groups in total. The first-order chi connectivity index (χ1) is 6.59. The van der Waals surface area contributed by atoms with Crippen LogP contribution in [-0.4, -0.2) is 28.6 Å². The van der Waals surface area contributed by atoms with Crippen molar-refractivity contribution in [3.63, 3.8) is 0 Å². The lowest BCUT2D eigenvalue weighted by atomic mass is 10.3. The fraction of sp³-hybridized carbons (Fsp3) is 0.125. The Balaban J connectivity index is 2.64. The maximum absolute atomic E-state index is 10.6. The molecule has 1 aromatic rings. The number of rotatable bonds is 4. The van der Waals surface area contributed by atoms with E-state index in [-0.39, 0.29) is 11.4 Å². The molecule has 0 fully saturated rings. The summed E-state index contributed by atoms with van der Waals surface area (Å²) in [5.41, 5.74) is 5.05. The second-order valence-electron chi connectivity index (χ2n) is 2.43. The van der Waals surface area contributed by atoms with E-state index in [0.717, 1.165) is 0 Å². The van der Waals surface area contributed by atoms with Crippen molar-refractivity contribution >= 4 is 11.9 Å². The Kier molecular flexibility index (Phi) is 3.01. The largest absolute Gasteiger partial charge is 0.480 e. The molecule has 0 aliphatic rings. The maximum Gasteiger partial charge on any atom is 0.341 e. The highest BCUT2D eigenvalue weighted by atomic mass is 16.5. The topological polar surface area (TPSA) is 103 Å². The third kappa shape index (κ3) is 2.74. The number of amides is 1. The predicted molar refractivity (Wildman–Crippen MR) is 45.9 cm³/mol. The zero-order valence-electron chi connectivity index (χ0n) is 7.14. The van der Waals surface area contributed by atoms with Crippen LogP contribution in [0.25, 0.3) is 0 Å². The van der Waals surface area contributed by atoms with Crippen LogP contribution in [0.15, 0.2) is 18.3 Å². The number of aliphatic carboxylic acids is 1. The van der Waals surface area contributed by atoms with E-state index < -0.39 is 18.5 Å². The monoisotopic (exact) mass is 196 g/mol. The minimum absolute atomic E-state index is 0.104. The number of hydrogen-bond donors (Lipinski definition) is 2. The summed E-state index contributed by atoms with van der Waals surface area (Å²) in [4.78, 5) is 24.4. The zero-order valence-corrected chi connectivity index (χ0v) is 7.14. The Hall–Kier alpha value is -2.11. The lowest BCUT2D eigenvalue weighted by Gasteiger charge is -2.01. The van der Waals surface area contributed by atoms with Crippen LogP contribution >= 0.6 is 0 Å². The summed E-state index contributed by atoms with van der Waals surface area (Å²) in [5.74, 6) is -1.45. The molecule has 0 aliphatic heterocycles. The number of nitrogens with zero attached hydrogens (tertiary/aromatic N) is 1. The third-order valence-corrected chi connectivity index (χ3v) is 1.35. The van der Waals surface area contributed by atoms with Crippen molar-refractivity contribution in [2.24, 2.45) is 5.73 Å². The average molecular weight is 196 g/mol. The molecule has 0 aromatic carbocycles. The number of primary amides is 1. The van der Waals surface area contributed by atoms with Gasteiger partial charge < -0.3 is 15.6 Å². The van der Waals surface area contributed by atoms with Crippen LogP contribution in [0.4, 0.5) is 0 Å². The van der Waals surface area contributed by atoms with Gasteiger partial charge in [0, 0.05) is 0 Å². The van der Waals surface area contributed by atoms with Crippen LogP contribution < -0.4 is 10.5 Å². The molecule has 1 rings (SSSR count). The quantitative estimate of drug-likeness (QED) is 0.684. The molecule has 14 heavy (non-hydrogen) atoms. The van der Waals surface area contributed by atoms with Gasteiger partial charge >= 0.3 is 5.97 Å². The van der Waals surface area contributed by atoms with Gasteiger partial charge in [0.25, 0.3) is 5.91 Å². The van der Waals surface area contributed by atoms with Crippen LogP contribution in [0.5, 0.6) is 5.75 Å². The van der Waals surface area contributed by atoms with Gasteiger partial charge in [-0.3, -0.25) is 4.79 Å². The van der Waals surface area contributed by atoms with E-state index in [1.807, 2.05) is 0 Å². The summed E-state index contributed by atoms with van der Waals surface area (Å²) < 4.78 is 4.79. The molecule has 0 atom stereocenters. The number of aromatic nitrogens is 1. The highest BCUT2D eigenvalue weighted by molar-refractivity contribution is 5.90. The lowest BCUT2D eigenvalue weighted by molar-refractivity contribution is -0.139. The summed E-state index contributed by atoms with van der Waals surface area (Å²) in [7, 11) is 0. The van der Waals surface area contributed by atoms with E-state index in [9.17, 15) is 9.59 Å². The Labute approximate surface area is 79.3 Å². The Morgan fingerprint density at radius 1 is 1.50 bits per heavy atom. The van der Waals surface area contributed by atoms with Gasteiger partial charge in [-0.25, -0.2) is 9.78 Å². The van der Waals surface area contributed by atoms with E-state index in [4.69, 9.17) is 15.6 Å². The smallest absolute Gasteiger partial charge is 0.341 e. The molecule has 0 bridgehead atoms. The van der Waals surface area contributed by atoms with Crippen molar-refractivity contribution in [1.29, 1.82) is 0 Å². The van der Waals surface area contributed by atoms with Crippen LogP contribution in [-0.2, 0) is 4.79 Å². The Morgan fingerprint density at radius 2 is 2.21 bits per heavy atom. The summed E-state index contributed by atoms with van der Waals surface area (Å²) >= 11 is 0. The first kappa shape index (κ1) is 9.97. The van der Waals surface area contributed by atoms with Crippen molar-refractivity contribution in [2.75, 3.05) is 6.61 Å². The van der Waals surface area contributed by atoms with Gasteiger partial charge in [-0.05, 0) is 12.1 Å². The van der Waals surface area contributed by atoms with Gasteiger partial charge in [0.05, 0.1) is 6.20 Å². The highest BCUT2D eigenvalue weighted by Gasteiger charge is 2.03. The number of hydrogen-bond acceptors (Lipinski definition) is 4. The number of pyridine rings is 1. The van der Waals surface area contributed by atoms with Gasteiger partial charge in [-0.1, -0.05) is 0 Å². The second kappa shape index (κ2) is 4.22. The van der Waals surface area contributed by atoms with Crippen molar-refractivity contribution in [1.82, 2.24) is 4.98 Å². The van der Waals surface area contributed by atoms with Crippen molar-refractivity contribution in [3.8, 4) is 5.75 Å². The Bertz CT molecular complexity index is 347. The molecular weight excluding hydrogens is 188 g/mol. The van der Waals surface area contributed by atoms with Gasteiger partial charge in [0.15, 0.2) is 6.61 Å². The molecule has 0 radical (unpaired) electrons. The molecule has 1 amide bonds. The van der Waals surface area contributed by atoms with Crippen LogP contribution in [0.2, 0.25) is 0 Å². The maximum atomic E-state index is 10.6. The van der Waals surface area contributed by atoms with E-state index in [1.54, 1.807) is 0 Å². The minimum Gasteiger partial charge on any atom is -0.480 e. The van der Waals surface area contributed by atoms with Gasteiger partial charge in [0.1, 0.15) is 11.4 Å². The van der Waals surface area contributed by atoms with Gasteiger partial charge in [-0.15, -0.1) is 0 Å². The molecule has 6 heteroatoms. The van der Waals surface area contributed by atoms with Crippen LogP contribution in [0.1, 0.15) is 10.5 Å². The molecule has 0 aliphatic carbocycles. The molecule has 0 saturated heterocycles.